The monoisotopic (exact) mass is 206 g/mol. The molecule has 2 N–H and O–H groups in total. The number of hydrogen-bond acceptors (Lipinski definition) is 4. The molecule has 0 saturated heterocycles. The normalized spacial score (nSPS) is 33.8. The van der Waals surface area contributed by atoms with Gasteiger partial charge in [0, 0.05) is 0 Å². The Morgan fingerprint density at radius 3 is 3.23 bits per heavy atom. The van der Waals surface area contributed by atoms with E-state index in [-0.39, 0.29) is 13.2 Å². The minimum atomic E-state index is -0.716. The van der Waals surface area contributed by atoms with Crippen molar-refractivity contribution in [3.8, 4) is 0 Å². The second-order valence-corrected chi connectivity index (χ2v) is 3.90. The van der Waals surface area contributed by atoms with Crippen LogP contribution in [0.4, 0.5) is 0 Å². The van der Waals surface area contributed by atoms with E-state index in [1.54, 1.807) is 0 Å². The summed E-state index contributed by atoms with van der Waals surface area (Å²) in [6, 6.07) is 0. The lowest BCUT2D eigenvalue weighted by Crippen LogP contribution is -2.45. The van der Waals surface area contributed by atoms with Gasteiger partial charge in [-0.15, -0.1) is 9.12 Å². The molecular weight excluding hydrogens is 190 g/mol. The van der Waals surface area contributed by atoms with Crippen LogP contribution in [0.3, 0.4) is 0 Å². The fourth-order valence-corrected chi connectivity index (χ4v) is 1.37. The molecule has 0 aromatic rings. The van der Waals surface area contributed by atoms with E-state index in [4.69, 9.17) is 10.8 Å². The van der Waals surface area contributed by atoms with Gasteiger partial charge in [0.05, 0.1) is 12.9 Å². The molecule has 0 spiro atoms. The highest BCUT2D eigenvalue weighted by Crippen LogP contribution is 2.17. The molecule has 0 bridgehead atoms. The van der Waals surface area contributed by atoms with Crippen molar-refractivity contribution < 1.29 is 19.6 Å². The van der Waals surface area contributed by atoms with Gasteiger partial charge in [-0.25, -0.2) is 0 Å². The van der Waals surface area contributed by atoms with E-state index in [1.807, 2.05) is 6.82 Å². The van der Waals surface area contributed by atoms with Crippen LogP contribution in [0.1, 0.15) is 0 Å². The minimum absolute atomic E-state index is 0.0729. The molecule has 0 saturated carbocycles. The number of ether oxygens (including phenoxy) is 1. The molecule has 74 valence electrons. The third-order valence-corrected chi connectivity index (χ3v) is 1.93. The number of rotatable bonds is 4. The molecule has 2 unspecified atom stereocenters. The first kappa shape index (κ1) is 9.47. The standard InChI is InChI=1S/C7H14BO4P/c1-8(13)12-7-5(10)2-3-11-6(7)4-9/h2-3,5-7,9-10H,4,13H2,1H3/t5-,6?,7-/m1/s1/i9T. The van der Waals surface area contributed by atoms with Crippen molar-refractivity contribution in [1.82, 2.24) is 0 Å². The molecule has 0 amide bonds. The van der Waals surface area contributed by atoms with Gasteiger partial charge in [-0.3, -0.25) is 0 Å². The molecule has 1 aliphatic heterocycles. The summed E-state index contributed by atoms with van der Waals surface area (Å²) in [5, 5.41) is 13.8. The van der Waals surface area contributed by atoms with E-state index in [1.165, 1.54) is 12.3 Å². The topological polar surface area (TPSA) is 58.9 Å². The van der Waals surface area contributed by atoms with Crippen LogP contribution in [0.2, 0.25) is 6.82 Å². The molecular formula is C7H14BO4P. The molecule has 0 aromatic carbocycles. The largest absolute Gasteiger partial charge is 0.493 e. The molecule has 0 aromatic heterocycles. The fourth-order valence-electron chi connectivity index (χ4n) is 1.18. The third kappa shape index (κ3) is 2.95. The average Bonchev–Trinajstić information content (AvgIpc) is 2.11. The van der Waals surface area contributed by atoms with Gasteiger partial charge >= 0.3 is 6.64 Å². The fraction of sp³-hybridized carbons (Fsp3) is 0.714. The van der Waals surface area contributed by atoms with E-state index < -0.39 is 18.3 Å². The minimum Gasteiger partial charge on any atom is -0.493 e. The summed E-state index contributed by atoms with van der Waals surface area (Å²) in [6.07, 6.45) is 1.28. The Morgan fingerprint density at radius 2 is 2.62 bits per heavy atom. The van der Waals surface area contributed by atoms with E-state index in [2.05, 4.69) is 14.2 Å². The maximum absolute atomic E-state index is 9.60. The van der Waals surface area contributed by atoms with Gasteiger partial charge < -0.3 is 19.6 Å². The molecule has 1 heterocycles. The van der Waals surface area contributed by atoms with Gasteiger partial charge in [-0.05, 0) is 6.08 Å². The van der Waals surface area contributed by atoms with Gasteiger partial charge in [-0.2, -0.15) is 0 Å². The predicted molar refractivity (Wildman–Crippen MR) is 53.3 cm³/mol. The first-order valence-electron chi connectivity index (χ1n) is 4.55. The maximum Gasteiger partial charge on any atom is 0.312 e. The summed E-state index contributed by atoms with van der Waals surface area (Å²) in [5.74, 6) is 0. The zero-order valence-electron chi connectivity index (χ0n) is 8.42. The lowest BCUT2D eigenvalue weighted by atomic mass is 9.99. The molecule has 0 radical (unpaired) electrons. The maximum atomic E-state index is 9.60. The van der Waals surface area contributed by atoms with Crippen LogP contribution in [0.25, 0.3) is 0 Å². The smallest absolute Gasteiger partial charge is 0.312 e. The first-order chi connectivity index (χ1) is 6.65. The molecule has 0 aliphatic carbocycles. The zero-order chi connectivity index (χ0) is 10.6. The molecule has 0 fully saturated rings. The Bertz CT molecular complexity index is 204. The first-order valence-corrected chi connectivity index (χ1v) is 4.81. The van der Waals surface area contributed by atoms with Crippen molar-refractivity contribution in [3.63, 3.8) is 0 Å². The van der Waals surface area contributed by atoms with Crippen LogP contribution < -0.4 is 0 Å². The second kappa shape index (κ2) is 4.96. The van der Waals surface area contributed by atoms with Crippen LogP contribution in [0.5, 0.6) is 0 Å². The molecule has 1 rings (SSSR count). The Balaban J connectivity index is 2.58. The Labute approximate surface area is 81.7 Å². The molecule has 6 heteroatoms. The Kier molecular flexibility index (Phi) is 3.61. The summed E-state index contributed by atoms with van der Waals surface area (Å²) in [7, 11) is 2.47. The third-order valence-electron chi connectivity index (χ3n) is 1.77. The Hall–Kier alpha value is -0.0851. The number of aliphatic hydroxyl groups is 2. The summed E-state index contributed by atoms with van der Waals surface area (Å²) in [4.78, 5) is 0. The molecule has 4 atom stereocenters. The highest BCUT2D eigenvalue weighted by molar-refractivity contribution is 7.60. The van der Waals surface area contributed by atoms with Crippen LogP contribution in [-0.2, 0) is 9.39 Å². The van der Waals surface area contributed by atoms with E-state index in [0.717, 1.165) is 0 Å². The van der Waals surface area contributed by atoms with Gasteiger partial charge in [0.1, 0.15) is 18.3 Å². The van der Waals surface area contributed by atoms with Gasteiger partial charge in [0.2, 0.25) is 1.43 Å². The lowest BCUT2D eigenvalue weighted by molar-refractivity contribution is -0.0683. The second-order valence-electron chi connectivity index (χ2n) is 2.97. The van der Waals surface area contributed by atoms with Gasteiger partial charge in [0.15, 0.2) is 0 Å². The average molecular weight is 206 g/mol. The summed E-state index contributed by atoms with van der Waals surface area (Å²) >= 11 is 0. The molecule has 4 nitrogen and oxygen atoms in total. The molecule has 1 aliphatic rings. The highest BCUT2D eigenvalue weighted by Gasteiger charge is 2.32. The zero-order valence-corrected chi connectivity index (χ0v) is 8.58. The van der Waals surface area contributed by atoms with Crippen LogP contribution in [0, 0.1) is 0 Å². The summed E-state index contributed by atoms with van der Waals surface area (Å²) < 4.78 is 17.3. The SMILES string of the molecule is [3H]OCC1OC=C[C@@H](O)[C@H]1OB(C)P. The Morgan fingerprint density at radius 1 is 1.85 bits per heavy atom. The van der Waals surface area contributed by atoms with Crippen molar-refractivity contribution in [2.24, 2.45) is 0 Å². The quantitative estimate of drug-likeness (QED) is 0.486. The highest BCUT2D eigenvalue weighted by atomic mass is 31.0. The van der Waals surface area contributed by atoms with Crippen molar-refractivity contribution in [1.29, 1.82) is 1.43 Å². The van der Waals surface area contributed by atoms with Crippen LogP contribution in [-0.4, -0.2) is 43.2 Å². The van der Waals surface area contributed by atoms with Crippen molar-refractivity contribution >= 4 is 15.8 Å². The lowest BCUT2D eigenvalue weighted by Gasteiger charge is -2.32. The summed E-state index contributed by atoms with van der Waals surface area (Å²) in [6.45, 7) is 1.83. The van der Waals surface area contributed by atoms with E-state index in [0.29, 0.717) is 0 Å². The molecule has 13 heavy (non-hydrogen) atoms. The van der Waals surface area contributed by atoms with E-state index >= 15 is 0 Å². The van der Waals surface area contributed by atoms with Crippen molar-refractivity contribution in [2.75, 3.05) is 6.61 Å². The van der Waals surface area contributed by atoms with Crippen LogP contribution >= 0.6 is 9.12 Å². The number of aliphatic hydroxyl groups excluding tert-OH is 2. The van der Waals surface area contributed by atoms with Crippen molar-refractivity contribution in [2.45, 2.75) is 25.1 Å². The van der Waals surface area contributed by atoms with E-state index in [9.17, 15) is 5.11 Å². The summed E-state index contributed by atoms with van der Waals surface area (Å²) in [5.41, 5.74) is 0. The van der Waals surface area contributed by atoms with Gasteiger partial charge in [-0.1, -0.05) is 6.82 Å². The predicted octanol–water partition coefficient (Wildman–Crippen LogP) is -0.370. The number of hydrogen-bond donors (Lipinski definition) is 2. The van der Waals surface area contributed by atoms with Crippen LogP contribution in [0.15, 0.2) is 12.3 Å². The van der Waals surface area contributed by atoms with Crippen molar-refractivity contribution in [3.05, 3.63) is 12.3 Å². The van der Waals surface area contributed by atoms with Gasteiger partial charge in [0.25, 0.3) is 0 Å².